The third-order valence-corrected chi connectivity index (χ3v) is 7.60. The molecule has 0 radical (unpaired) electrons. The molecule has 0 aromatic heterocycles. The topological polar surface area (TPSA) is 125 Å². The highest BCUT2D eigenvalue weighted by Crippen LogP contribution is 2.42. The number of carbonyl (C=O) groups is 2. The van der Waals surface area contributed by atoms with Gasteiger partial charge in [0, 0.05) is 30.9 Å². The van der Waals surface area contributed by atoms with Crippen molar-refractivity contribution in [3.05, 3.63) is 59.2 Å². The number of hydrogen-bond acceptors (Lipinski definition) is 8. The minimum Gasteiger partial charge on any atom is -0.490 e. The van der Waals surface area contributed by atoms with Crippen molar-refractivity contribution in [2.24, 2.45) is 10.7 Å². The number of carbonyl (C=O) groups excluding carboxylic acids is 2. The molecule has 3 aliphatic rings. The maximum absolute atomic E-state index is 13.7. The Morgan fingerprint density at radius 1 is 1.08 bits per heavy atom. The largest absolute Gasteiger partial charge is 0.490 e. The summed E-state index contributed by atoms with van der Waals surface area (Å²) in [7, 11) is 3.17. The summed E-state index contributed by atoms with van der Waals surface area (Å²) in [6.07, 6.45) is -0.738. The SMILES string of the molecule is COC1COc2ccc(C(=O)N[C@@H]3c4ccccc4OC(C)(C)[C@H]3OC)cc2C1N1C(=O)CC(C)(C)N=C1N. The Morgan fingerprint density at radius 3 is 2.51 bits per heavy atom. The first-order chi connectivity index (χ1) is 18.5. The van der Waals surface area contributed by atoms with Crippen LogP contribution in [0.3, 0.4) is 0 Å². The number of aliphatic imine (C=N–C) groups is 1. The predicted octanol–water partition coefficient (Wildman–Crippen LogP) is 3.12. The van der Waals surface area contributed by atoms with Crippen LogP contribution in [-0.2, 0) is 14.3 Å². The summed E-state index contributed by atoms with van der Waals surface area (Å²) in [5.74, 6) is 0.913. The van der Waals surface area contributed by atoms with Gasteiger partial charge in [-0.2, -0.15) is 0 Å². The second kappa shape index (κ2) is 9.84. The predicted molar refractivity (Wildman–Crippen MR) is 145 cm³/mol. The zero-order valence-corrected chi connectivity index (χ0v) is 23.2. The average Bonchev–Trinajstić information content (AvgIpc) is 2.86. The summed E-state index contributed by atoms with van der Waals surface area (Å²) in [5.41, 5.74) is 6.91. The van der Waals surface area contributed by atoms with Crippen molar-refractivity contribution in [3.63, 3.8) is 0 Å². The van der Waals surface area contributed by atoms with Crippen LogP contribution in [0.25, 0.3) is 0 Å². The van der Waals surface area contributed by atoms with Gasteiger partial charge in [0.1, 0.15) is 35.9 Å². The van der Waals surface area contributed by atoms with E-state index in [-0.39, 0.29) is 30.8 Å². The molecule has 208 valence electrons. The van der Waals surface area contributed by atoms with Gasteiger partial charge in [-0.1, -0.05) is 18.2 Å². The minimum absolute atomic E-state index is 0.120. The number of nitrogens with one attached hydrogen (secondary N) is 1. The van der Waals surface area contributed by atoms with Crippen molar-refractivity contribution in [2.45, 2.75) is 69.5 Å². The lowest BCUT2D eigenvalue weighted by atomic mass is 9.86. The van der Waals surface area contributed by atoms with Crippen LogP contribution in [0.15, 0.2) is 47.5 Å². The molecule has 39 heavy (non-hydrogen) atoms. The maximum atomic E-state index is 13.7. The van der Waals surface area contributed by atoms with Crippen molar-refractivity contribution in [2.75, 3.05) is 20.8 Å². The summed E-state index contributed by atoms with van der Waals surface area (Å²) < 4.78 is 23.7. The average molecular weight is 537 g/mol. The van der Waals surface area contributed by atoms with Gasteiger partial charge in [0.15, 0.2) is 5.96 Å². The highest BCUT2D eigenvalue weighted by atomic mass is 16.6. The molecule has 0 aliphatic carbocycles. The number of ether oxygens (including phenoxy) is 4. The smallest absolute Gasteiger partial charge is 0.251 e. The Bertz CT molecular complexity index is 1320. The molecule has 2 aromatic carbocycles. The van der Waals surface area contributed by atoms with Gasteiger partial charge in [0.25, 0.3) is 5.91 Å². The van der Waals surface area contributed by atoms with E-state index in [2.05, 4.69) is 10.3 Å². The van der Waals surface area contributed by atoms with E-state index in [9.17, 15) is 9.59 Å². The summed E-state index contributed by atoms with van der Waals surface area (Å²) in [6, 6.07) is 11.7. The summed E-state index contributed by atoms with van der Waals surface area (Å²) in [4.78, 5) is 33.0. The van der Waals surface area contributed by atoms with E-state index in [1.807, 2.05) is 52.0 Å². The van der Waals surface area contributed by atoms with Gasteiger partial charge in [0.2, 0.25) is 5.91 Å². The Morgan fingerprint density at radius 2 is 1.82 bits per heavy atom. The fourth-order valence-corrected chi connectivity index (χ4v) is 5.84. The van der Waals surface area contributed by atoms with Crippen molar-refractivity contribution < 1.29 is 28.5 Å². The first-order valence-corrected chi connectivity index (χ1v) is 13.0. The van der Waals surface area contributed by atoms with Gasteiger partial charge in [-0.3, -0.25) is 14.5 Å². The molecule has 5 rings (SSSR count). The summed E-state index contributed by atoms with van der Waals surface area (Å²) >= 11 is 0. The Balaban J connectivity index is 1.51. The Hall–Kier alpha value is -3.63. The van der Waals surface area contributed by atoms with E-state index >= 15 is 0 Å². The molecule has 2 unspecified atom stereocenters. The molecule has 4 atom stereocenters. The number of para-hydroxylation sites is 1. The maximum Gasteiger partial charge on any atom is 0.251 e. The number of amides is 2. The summed E-state index contributed by atoms with van der Waals surface area (Å²) in [5, 5.41) is 3.16. The second-order valence-electron chi connectivity index (χ2n) is 11.4. The standard InChI is InChI=1S/C29H36N4O6/c1-28(2)14-22(34)33(27(30)32-28)24-18-13-16(11-12-19(18)38-15-21(24)36-5)26(35)31-23-17-9-7-8-10-20(17)39-29(3,4)25(23)37-6/h7-13,21,23-25H,14-15H2,1-6H3,(H2,30,32)(H,31,35)/t21?,23-,24?,25+/m1/s1. The molecule has 0 fully saturated rings. The highest BCUT2D eigenvalue weighted by Gasteiger charge is 2.46. The van der Waals surface area contributed by atoms with Crippen LogP contribution in [0.4, 0.5) is 0 Å². The molecule has 3 aliphatic heterocycles. The number of rotatable bonds is 5. The van der Waals surface area contributed by atoms with Gasteiger partial charge in [-0.05, 0) is 52.0 Å². The number of fused-ring (bicyclic) bond motifs is 2. The lowest BCUT2D eigenvalue weighted by Gasteiger charge is -2.44. The Kier molecular flexibility index (Phi) is 6.80. The highest BCUT2D eigenvalue weighted by molar-refractivity contribution is 6.00. The van der Waals surface area contributed by atoms with Gasteiger partial charge < -0.3 is 30.0 Å². The van der Waals surface area contributed by atoms with Crippen LogP contribution in [0.2, 0.25) is 0 Å². The van der Waals surface area contributed by atoms with Crippen LogP contribution in [0.1, 0.15) is 67.7 Å². The fourth-order valence-electron chi connectivity index (χ4n) is 5.84. The monoisotopic (exact) mass is 536 g/mol. The van der Waals surface area contributed by atoms with Gasteiger partial charge in [-0.25, -0.2) is 4.99 Å². The van der Waals surface area contributed by atoms with Crippen molar-refractivity contribution in [1.82, 2.24) is 10.2 Å². The van der Waals surface area contributed by atoms with Crippen molar-refractivity contribution in [1.29, 1.82) is 0 Å². The molecule has 0 saturated heterocycles. The Labute approximate surface area is 228 Å². The van der Waals surface area contributed by atoms with E-state index in [1.165, 1.54) is 4.90 Å². The van der Waals surface area contributed by atoms with E-state index in [4.69, 9.17) is 24.7 Å². The molecule has 0 spiro atoms. The van der Waals surface area contributed by atoms with Crippen molar-refractivity contribution >= 4 is 17.8 Å². The molecule has 3 heterocycles. The van der Waals surface area contributed by atoms with E-state index in [1.54, 1.807) is 32.4 Å². The first-order valence-electron chi connectivity index (χ1n) is 13.0. The molecular weight excluding hydrogens is 500 g/mol. The van der Waals surface area contributed by atoms with Gasteiger partial charge >= 0.3 is 0 Å². The van der Waals surface area contributed by atoms with Crippen LogP contribution in [0.5, 0.6) is 11.5 Å². The lowest BCUT2D eigenvalue weighted by molar-refractivity contribution is -0.134. The van der Waals surface area contributed by atoms with E-state index < -0.39 is 35.4 Å². The quantitative estimate of drug-likeness (QED) is 0.602. The minimum atomic E-state index is -0.680. The van der Waals surface area contributed by atoms with Crippen molar-refractivity contribution in [3.8, 4) is 11.5 Å². The third kappa shape index (κ3) is 4.83. The molecule has 0 bridgehead atoms. The molecule has 3 N–H and O–H groups in total. The number of nitrogens with zero attached hydrogens (tertiary/aromatic N) is 2. The zero-order chi connectivity index (χ0) is 28.1. The number of hydrogen-bond donors (Lipinski definition) is 2. The molecule has 2 aromatic rings. The van der Waals surface area contributed by atoms with Crippen LogP contribution in [0, 0.1) is 0 Å². The third-order valence-electron chi connectivity index (χ3n) is 7.60. The lowest BCUT2D eigenvalue weighted by Crippen LogP contribution is -2.55. The van der Waals surface area contributed by atoms with Gasteiger partial charge in [0.05, 0.1) is 24.0 Å². The molecule has 2 amide bonds. The molecule has 10 nitrogen and oxygen atoms in total. The van der Waals surface area contributed by atoms with Gasteiger partial charge in [-0.15, -0.1) is 0 Å². The normalized spacial score (nSPS) is 26.9. The molecular formula is C29H36N4O6. The number of nitrogens with two attached hydrogens (primary N) is 1. The fraction of sp³-hybridized carbons (Fsp3) is 0.483. The molecule has 10 heteroatoms. The van der Waals surface area contributed by atoms with Crippen LogP contribution in [-0.4, -0.2) is 66.8 Å². The first kappa shape index (κ1) is 27.0. The number of guanidine groups is 1. The van der Waals surface area contributed by atoms with Crippen LogP contribution < -0.4 is 20.5 Å². The van der Waals surface area contributed by atoms with E-state index in [0.717, 1.165) is 5.56 Å². The summed E-state index contributed by atoms with van der Waals surface area (Å²) in [6.45, 7) is 7.83. The van der Waals surface area contributed by atoms with Crippen LogP contribution >= 0.6 is 0 Å². The van der Waals surface area contributed by atoms with E-state index in [0.29, 0.717) is 22.6 Å². The number of benzene rings is 2. The molecule has 0 saturated carbocycles. The second-order valence-corrected chi connectivity index (χ2v) is 11.4. The zero-order valence-electron chi connectivity index (χ0n) is 23.2. The number of methoxy groups -OCH3 is 2.